The van der Waals surface area contributed by atoms with Crippen LogP contribution in [0.3, 0.4) is 0 Å². The predicted octanol–water partition coefficient (Wildman–Crippen LogP) is 8.12. The Balaban J connectivity index is 1.30. The summed E-state index contributed by atoms with van der Waals surface area (Å²) in [6.45, 7) is 3.86. The molecule has 0 spiro atoms. The zero-order chi connectivity index (χ0) is 26.1. The molecule has 2 aromatic rings. The first-order chi connectivity index (χ1) is 18.2. The van der Waals surface area contributed by atoms with E-state index in [2.05, 4.69) is 31.2 Å². The predicted molar refractivity (Wildman–Crippen MR) is 150 cm³/mol. The maximum Gasteiger partial charge on any atom is 0.330 e. The van der Waals surface area contributed by atoms with Crippen LogP contribution in [0.2, 0.25) is 0 Å². The highest BCUT2D eigenvalue weighted by atomic mass is 16.5. The number of hydrogen-bond acceptors (Lipinski definition) is 5. The zero-order valence-electron chi connectivity index (χ0n) is 22.7. The molecule has 1 aliphatic rings. The highest BCUT2D eigenvalue weighted by Gasteiger charge is 2.15. The van der Waals surface area contributed by atoms with Crippen molar-refractivity contribution in [2.75, 3.05) is 26.9 Å². The molecule has 0 unspecified atom stereocenters. The first-order valence-electron chi connectivity index (χ1n) is 14.1. The van der Waals surface area contributed by atoms with Gasteiger partial charge in [-0.05, 0) is 79.5 Å². The normalized spacial score (nSPS) is 14.0. The average molecular weight is 509 g/mol. The number of benzene rings is 2. The first-order valence-corrected chi connectivity index (χ1v) is 14.1. The van der Waals surface area contributed by atoms with Gasteiger partial charge in [0.15, 0.2) is 11.5 Å². The minimum atomic E-state index is -0.352. The van der Waals surface area contributed by atoms with E-state index in [0.717, 1.165) is 36.3 Å². The van der Waals surface area contributed by atoms with Crippen molar-refractivity contribution in [2.24, 2.45) is 0 Å². The van der Waals surface area contributed by atoms with Crippen LogP contribution in [0.25, 0.3) is 6.08 Å². The summed E-state index contributed by atoms with van der Waals surface area (Å²) in [5, 5.41) is 0. The lowest BCUT2D eigenvalue weighted by molar-refractivity contribution is -0.137. The zero-order valence-corrected chi connectivity index (χ0v) is 22.7. The number of carbonyl (C=O) groups excluding carboxylic acids is 1. The van der Waals surface area contributed by atoms with Crippen LogP contribution in [0.15, 0.2) is 48.5 Å². The van der Waals surface area contributed by atoms with E-state index in [0.29, 0.717) is 31.5 Å². The van der Waals surface area contributed by atoms with Crippen LogP contribution in [0.5, 0.6) is 17.2 Å². The number of methoxy groups -OCH3 is 1. The fourth-order valence-corrected chi connectivity index (χ4v) is 4.67. The molecule has 0 N–H and O–H groups in total. The fraction of sp³-hybridized carbons (Fsp3) is 0.531. The Labute approximate surface area is 223 Å². The van der Waals surface area contributed by atoms with Crippen molar-refractivity contribution in [3.63, 3.8) is 0 Å². The van der Waals surface area contributed by atoms with Gasteiger partial charge in [0.25, 0.3) is 0 Å². The molecule has 0 aliphatic heterocycles. The molecule has 2 aromatic carbocycles. The molecule has 0 amide bonds. The van der Waals surface area contributed by atoms with Crippen molar-refractivity contribution in [2.45, 2.75) is 83.5 Å². The topological polar surface area (TPSA) is 54.0 Å². The Bertz CT molecular complexity index is 944. The van der Waals surface area contributed by atoms with Crippen LogP contribution >= 0.6 is 0 Å². The van der Waals surface area contributed by atoms with Gasteiger partial charge in [-0.1, -0.05) is 63.6 Å². The summed E-state index contributed by atoms with van der Waals surface area (Å²) in [4.78, 5) is 12.1. The lowest BCUT2D eigenvalue weighted by Gasteiger charge is -2.22. The summed E-state index contributed by atoms with van der Waals surface area (Å²) in [5.74, 6) is 2.65. The van der Waals surface area contributed by atoms with Gasteiger partial charge >= 0.3 is 5.97 Å². The highest BCUT2D eigenvalue weighted by Crippen LogP contribution is 2.33. The molecule has 0 heterocycles. The van der Waals surface area contributed by atoms with Gasteiger partial charge in [-0.2, -0.15) is 0 Å². The van der Waals surface area contributed by atoms with Crippen molar-refractivity contribution in [1.82, 2.24) is 0 Å². The van der Waals surface area contributed by atoms with E-state index in [-0.39, 0.29) is 5.97 Å². The summed E-state index contributed by atoms with van der Waals surface area (Å²) in [5.41, 5.74) is 2.29. The molecule has 1 aliphatic carbocycles. The van der Waals surface area contributed by atoms with E-state index in [1.54, 1.807) is 13.2 Å². The largest absolute Gasteiger partial charge is 0.494 e. The van der Waals surface area contributed by atoms with E-state index in [1.165, 1.54) is 63.0 Å². The van der Waals surface area contributed by atoms with Crippen LogP contribution in [0.1, 0.15) is 94.6 Å². The molecule has 0 aromatic heterocycles. The number of hydrogen-bond donors (Lipinski definition) is 0. The minimum Gasteiger partial charge on any atom is -0.494 e. The number of rotatable bonds is 16. The molecule has 1 saturated carbocycles. The third kappa shape index (κ3) is 10.5. The molecular weight excluding hydrogens is 464 g/mol. The molecule has 5 nitrogen and oxygen atoms in total. The smallest absolute Gasteiger partial charge is 0.330 e. The van der Waals surface area contributed by atoms with Crippen molar-refractivity contribution < 1.29 is 23.7 Å². The third-order valence-corrected chi connectivity index (χ3v) is 6.86. The summed E-state index contributed by atoms with van der Waals surface area (Å²) in [6.07, 6.45) is 16.1. The summed E-state index contributed by atoms with van der Waals surface area (Å²) in [7, 11) is 1.62. The molecule has 5 heteroatoms. The van der Waals surface area contributed by atoms with E-state index in [1.807, 2.05) is 18.2 Å². The van der Waals surface area contributed by atoms with Crippen LogP contribution in [-0.2, 0) is 9.53 Å². The molecule has 0 saturated heterocycles. The average Bonchev–Trinajstić information content (AvgIpc) is 2.94. The number of ether oxygens (including phenoxy) is 4. The summed E-state index contributed by atoms with van der Waals surface area (Å²) in [6, 6.07) is 14.2. The maximum absolute atomic E-state index is 12.1. The van der Waals surface area contributed by atoms with Crippen LogP contribution in [0.4, 0.5) is 0 Å². The van der Waals surface area contributed by atoms with Crippen molar-refractivity contribution >= 4 is 12.0 Å². The maximum atomic E-state index is 12.1. The van der Waals surface area contributed by atoms with Gasteiger partial charge in [0.1, 0.15) is 5.75 Å². The van der Waals surface area contributed by atoms with Gasteiger partial charge in [-0.15, -0.1) is 0 Å². The Hall–Kier alpha value is -2.95. The van der Waals surface area contributed by atoms with Gasteiger partial charge < -0.3 is 18.9 Å². The number of unbranched alkanes of at least 4 members (excludes halogenated alkanes) is 4. The minimum absolute atomic E-state index is 0.352. The monoisotopic (exact) mass is 508 g/mol. The first kappa shape index (κ1) is 28.6. The highest BCUT2D eigenvalue weighted by molar-refractivity contribution is 5.87. The second-order valence-corrected chi connectivity index (χ2v) is 9.78. The van der Waals surface area contributed by atoms with Crippen molar-refractivity contribution in [3.05, 3.63) is 59.7 Å². The van der Waals surface area contributed by atoms with Gasteiger partial charge in [0.05, 0.1) is 26.9 Å². The van der Waals surface area contributed by atoms with Crippen LogP contribution in [0, 0.1) is 0 Å². The van der Waals surface area contributed by atoms with Crippen molar-refractivity contribution in [1.29, 1.82) is 0 Å². The SMILES string of the molecule is CCCCCCOc1ccc(C=CC(=O)OCCCCOc2ccc(C3CCCCC3)cc2)cc1OC. The van der Waals surface area contributed by atoms with E-state index in [4.69, 9.17) is 18.9 Å². The van der Waals surface area contributed by atoms with Crippen LogP contribution < -0.4 is 14.2 Å². The van der Waals surface area contributed by atoms with Gasteiger partial charge in [-0.3, -0.25) is 0 Å². The molecule has 3 rings (SSSR count). The van der Waals surface area contributed by atoms with Crippen LogP contribution in [-0.4, -0.2) is 32.9 Å². The van der Waals surface area contributed by atoms with E-state index in [9.17, 15) is 4.79 Å². The molecule has 0 radical (unpaired) electrons. The molecule has 37 heavy (non-hydrogen) atoms. The standard InChI is InChI=1S/C32H44O5/c1-3-4-5-9-23-36-30-20-14-26(25-31(30)34-2)15-21-32(33)37-24-11-10-22-35-29-18-16-28(17-19-29)27-12-7-6-8-13-27/h14-21,25,27H,3-13,22-24H2,1-2H3. The number of esters is 1. The van der Waals surface area contributed by atoms with Gasteiger partial charge in [-0.25, -0.2) is 4.79 Å². The Morgan fingerprint density at radius 2 is 1.57 bits per heavy atom. The Kier molecular flexibility index (Phi) is 12.9. The van der Waals surface area contributed by atoms with Gasteiger partial charge in [0.2, 0.25) is 0 Å². The second kappa shape index (κ2) is 16.7. The van der Waals surface area contributed by atoms with E-state index >= 15 is 0 Å². The molecule has 202 valence electrons. The molecular formula is C32H44O5. The second-order valence-electron chi connectivity index (χ2n) is 9.78. The quantitative estimate of drug-likeness (QED) is 0.130. The number of carbonyl (C=O) groups is 1. The molecule has 0 bridgehead atoms. The Morgan fingerprint density at radius 3 is 2.32 bits per heavy atom. The lowest BCUT2D eigenvalue weighted by Crippen LogP contribution is -2.05. The molecule has 1 fully saturated rings. The summed E-state index contributed by atoms with van der Waals surface area (Å²) < 4.78 is 22.5. The fourth-order valence-electron chi connectivity index (χ4n) is 4.67. The summed E-state index contributed by atoms with van der Waals surface area (Å²) >= 11 is 0. The van der Waals surface area contributed by atoms with Gasteiger partial charge in [0, 0.05) is 6.08 Å². The van der Waals surface area contributed by atoms with Crippen molar-refractivity contribution in [3.8, 4) is 17.2 Å². The lowest BCUT2D eigenvalue weighted by atomic mass is 9.84. The third-order valence-electron chi connectivity index (χ3n) is 6.86. The van der Waals surface area contributed by atoms with E-state index < -0.39 is 0 Å². The Morgan fingerprint density at radius 1 is 0.838 bits per heavy atom. The molecule has 0 atom stereocenters.